The summed E-state index contributed by atoms with van der Waals surface area (Å²) in [7, 11) is 0. The zero-order valence-electron chi connectivity index (χ0n) is 11.4. The topological polar surface area (TPSA) is 71.9 Å². The Morgan fingerprint density at radius 2 is 2.47 bits per heavy atom. The third-order valence-corrected chi connectivity index (χ3v) is 3.87. The third kappa shape index (κ3) is 3.03. The van der Waals surface area contributed by atoms with Crippen molar-refractivity contribution in [1.29, 1.82) is 0 Å². The van der Waals surface area contributed by atoms with Crippen molar-refractivity contribution in [1.82, 2.24) is 20.1 Å². The summed E-state index contributed by atoms with van der Waals surface area (Å²) in [6.07, 6.45) is 1.45. The zero-order chi connectivity index (χ0) is 13.9. The molecule has 0 aliphatic carbocycles. The van der Waals surface area contributed by atoms with Crippen LogP contribution in [0.2, 0.25) is 0 Å². The molecular weight excluding hydrogens is 264 g/mol. The van der Waals surface area contributed by atoms with Crippen molar-refractivity contribution >= 4 is 18.1 Å². The lowest BCUT2D eigenvalue weighted by Gasteiger charge is -2.20. The summed E-state index contributed by atoms with van der Waals surface area (Å²) in [5, 5.41) is 9.89. The normalized spacial score (nSPS) is 22.6. The third-order valence-electron chi connectivity index (χ3n) is 3.55. The Hall–Kier alpha value is -1.21. The Kier molecular flexibility index (Phi) is 4.36. The second-order valence-electron chi connectivity index (χ2n) is 5.06. The first-order valence-electron chi connectivity index (χ1n) is 6.57. The monoisotopic (exact) mass is 284 g/mol. The molecule has 0 spiro atoms. The van der Waals surface area contributed by atoms with Gasteiger partial charge < -0.3 is 14.6 Å². The maximum atomic E-state index is 12.1. The highest BCUT2D eigenvalue weighted by atomic mass is 32.1. The first-order valence-corrected chi connectivity index (χ1v) is 6.98. The molecule has 2 rings (SSSR count). The van der Waals surface area contributed by atoms with Gasteiger partial charge in [0.1, 0.15) is 5.82 Å². The molecule has 1 aliphatic heterocycles. The number of ether oxygens (including phenoxy) is 1. The van der Waals surface area contributed by atoms with Crippen LogP contribution in [0.3, 0.4) is 0 Å². The molecule has 1 aliphatic rings. The van der Waals surface area contributed by atoms with Crippen LogP contribution < -0.4 is 5.32 Å². The van der Waals surface area contributed by atoms with E-state index in [1.807, 2.05) is 18.4 Å². The van der Waals surface area contributed by atoms with Crippen molar-refractivity contribution in [3.63, 3.8) is 0 Å². The highest BCUT2D eigenvalue weighted by Crippen LogP contribution is 2.27. The van der Waals surface area contributed by atoms with Gasteiger partial charge in [-0.2, -0.15) is 5.10 Å². The first kappa shape index (κ1) is 14.2. The van der Waals surface area contributed by atoms with E-state index in [9.17, 15) is 4.79 Å². The van der Waals surface area contributed by atoms with Gasteiger partial charge in [-0.3, -0.25) is 9.89 Å². The fourth-order valence-electron chi connectivity index (χ4n) is 2.21. The fourth-order valence-corrected chi connectivity index (χ4v) is 2.49. The van der Waals surface area contributed by atoms with Crippen LogP contribution in [0, 0.1) is 10.2 Å². The van der Waals surface area contributed by atoms with Crippen LogP contribution in [0.25, 0.3) is 0 Å². The molecule has 2 N–H and O–H groups in total. The molecule has 0 aromatic carbocycles. The lowest BCUT2D eigenvalue weighted by atomic mass is 9.89. The molecule has 0 unspecified atom stereocenters. The van der Waals surface area contributed by atoms with Gasteiger partial charge in [-0.25, -0.2) is 0 Å². The summed E-state index contributed by atoms with van der Waals surface area (Å²) in [6.45, 7) is 6.48. The molecule has 19 heavy (non-hydrogen) atoms. The number of carbonyl (C=O) groups is 1. The van der Waals surface area contributed by atoms with Crippen LogP contribution in [0.15, 0.2) is 0 Å². The van der Waals surface area contributed by atoms with E-state index in [4.69, 9.17) is 17.0 Å². The number of aromatic nitrogens is 3. The standard InChI is InChI=1S/C12H20N4O2S/c1-3-16-9(14-15-11(16)19)4-6-13-10(17)12(2)5-7-18-8-12/h3-8H2,1-2H3,(H,13,17)(H,15,19)/t12-/m0/s1. The van der Waals surface area contributed by atoms with Gasteiger partial charge >= 0.3 is 0 Å². The summed E-state index contributed by atoms with van der Waals surface area (Å²) in [5.41, 5.74) is -0.379. The molecule has 106 valence electrons. The highest BCUT2D eigenvalue weighted by molar-refractivity contribution is 7.71. The van der Waals surface area contributed by atoms with Crippen molar-refractivity contribution in [2.24, 2.45) is 5.41 Å². The van der Waals surface area contributed by atoms with Crippen LogP contribution in [0.5, 0.6) is 0 Å². The number of aromatic amines is 1. The van der Waals surface area contributed by atoms with E-state index in [0.717, 1.165) is 18.8 Å². The maximum Gasteiger partial charge on any atom is 0.228 e. The lowest BCUT2D eigenvalue weighted by molar-refractivity contribution is -0.130. The summed E-state index contributed by atoms with van der Waals surface area (Å²) >= 11 is 5.12. The van der Waals surface area contributed by atoms with Gasteiger partial charge in [0.05, 0.1) is 12.0 Å². The second-order valence-corrected chi connectivity index (χ2v) is 5.45. The average Bonchev–Trinajstić information content (AvgIpc) is 2.97. The number of H-pyrrole nitrogens is 1. The quantitative estimate of drug-likeness (QED) is 0.793. The van der Waals surface area contributed by atoms with Gasteiger partial charge in [0.15, 0.2) is 4.77 Å². The number of carbonyl (C=O) groups excluding carboxylic acids is 1. The van der Waals surface area contributed by atoms with Crippen molar-refractivity contribution in [2.75, 3.05) is 19.8 Å². The van der Waals surface area contributed by atoms with Crippen LogP contribution in [0.1, 0.15) is 26.1 Å². The van der Waals surface area contributed by atoms with Crippen molar-refractivity contribution in [2.45, 2.75) is 33.2 Å². The summed E-state index contributed by atoms with van der Waals surface area (Å²) < 4.78 is 7.85. The average molecular weight is 284 g/mol. The van der Waals surface area contributed by atoms with Gasteiger partial charge in [0.25, 0.3) is 0 Å². The number of amides is 1. The largest absolute Gasteiger partial charge is 0.380 e. The summed E-state index contributed by atoms with van der Waals surface area (Å²) in [4.78, 5) is 12.1. The Morgan fingerprint density at radius 1 is 1.68 bits per heavy atom. The van der Waals surface area contributed by atoms with Crippen molar-refractivity contribution < 1.29 is 9.53 Å². The lowest BCUT2D eigenvalue weighted by Crippen LogP contribution is -2.40. The molecule has 1 aromatic rings. The van der Waals surface area contributed by atoms with E-state index in [-0.39, 0.29) is 11.3 Å². The van der Waals surface area contributed by atoms with Crippen LogP contribution in [-0.4, -0.2) is 40.4 Å². The SMILES string of the molecule is CCn1c(CCNC(=O)[C@@]2(C)CCOC2)n[nH]c1=S. The molecule has 0 radical (unpaired) electrons. The molecule has 0 saturated carbocycles. The zero-order valence-corrected chi connectivity index (χ0v) is 12.2. The Morgan fingerprint density at radius 3 is 3.11 bits per heavy atom. The summed E-state index contributed by atoms with van der Waals surface area (Å²) in [5.74, 6) is 0.933. The Labute approximate surface area is 117 Å². The number of nitrogens with one attached hydrogen (secondary N) is 2. The van der Waals surface area contributed by atoms with Crippen molar-refractivity contribution in [3.05, 3.63) is 10.6 Å². The van der Waals surface area contributed by atoms with E-state index in [2.05, 4.69) is 15.5 Å². The van der Waals surface area contributed by atoms with E-state index < -0.39 is 0 Å². The smallest absolute Gasteiger partial charge is 0.228 e. The maximum absolute atomic E-state index is 12.1. The molecule has 2 heterocycles. The summed E-state index contributed by atoms with van der Waals surface area (Å²) in [6, 6.07) is 0. The van der Waals surface area contributed by atoms with Crippen LogP contribution >= 0.6 is 12.2 Å². The van der Waals surface area contributed by atoms with E-state index in [1.165, 1.54) is 0 Å². The number of hydrogen-bond acceptors (Lipinski definition) is 4. The predicted molar refractivity (Wildman–Crippen MR) is 73.3 cm³/mol. The number of nitrogens with zero attached hydrogens (tertiary/aromatic N) is 2. The fraction of sp³-hybridized carbons (Fsp3) is 0.750. The van der Waals surface area contributed by atoms with Gasteiger partial charge in [0.2, 0.25) is 5.91 Å². The van der Waals surface area contributed by atoms with Crippen molar-refractivity contribution in [3.8, 4) is 0 Å². The number of hydrogen-bond donors (Lipinski definition) is 2. The van der Waals surface area contributed by atoms with E-state index >= 15 is 0 Å². The van der Waals surface area contributed by atoms with E-state index in [0.29, 0.717) is 31.0 Å². The molecule has 7 heteroatoms. The van der Waals surface area contributed by atoms with Gasteiger partial charge in [0, 0.05) is 26.1 Å². The highest BCUT2D eigenvalue weighted by Gasteiger charge is 2.37. The van der Waals surface area contributed by atoms with E-state index in [1.54, 1.807) is 0 Å². The molecule has 1 fully saturated rings. The molecule has 1 saturated heterocycles. The number of rotatable bonds is 5. The van der Waals surface area contributed by atoms with Gasteiger partial charge in [-0.05, 0) is 32.5 Å². The molecular formula is C12H20N4O2S. The van der Waals surface area contributed by atoms with Crippen LogP contribution in [-0.2, 0) is 22.5 Å². The Balaban J connectivity index is 1.86. The molecule has 1 aromatic heterocycles. The van der Waals surface area contributed by atoms with Crippen LogP contribution in [0.4, 0.5) is 0 Å². The predicted octanol–water partition coefficient (Wildman–Crippen LogP) is 1.05. The molecule has 0 bridgehead atoms. The molecule has 6 nitrogen and oxygen atoms in total. The minimum absolute atomic E-state index is 0.0576. The first-order chi connectivity index (χ1) is 9.07. The minimum atomic E-state index is -0.379. The molecule has 1 atom stereocenters. The second kappa shape index (κ2) is 5.83. The minimum Gasteiger partial charge on any atom is -0.380 e. The van der Waals surface area contributed by atoms with Gasteiger partial charge in [-0.1, -0.05) is 0 Å². The Bertz CT molecular complexity index is 502. The van der Waals surface area contributed by atoms with Gasteiger partial charge in [-0.15, -0.1) is 0 Å². The molecule has 1 amide bonds.